The fourth-order valence-corrected chi connectivity index (χ4v) is 2.85. The van der Waals surface area contributed by atoms with Gasteiger partial charge in [0.1, 0.15) is 4.84 Å². The van der Waals surface area contributed by atoms with Crippen molar-refractivity contribution in [3.63, 3.8) is 0 Å². The number of hydrogen-bond donors (Lipinski definition) is 0. The van der Waals surface area contributed by atoms with Crippen molar-refractivity contribution in [2.75, 3.05) is 0 Å². The van der Waals surface area contributed by atoms with E-state index < -0.39 is 4.84 Å². The fraction of sp³-hybridized carbons (Fsp3) is 0.143. The van der Waals surface area contributed by atoms with Crippen LogP contribution >= 0.6 is 61.7 Å². The smallest absolute Gasteiger partial charge is 0.100 e. The van der Waals surface area contributed by atoms with E-state index >= 15 is 0 Å². The summed E-state index contributed by atoms with van der Waals surface area (Å²) in [4.78, 5) is -0.457. The molecule has 4 heteroatoms. The van der Waals surface area contributed by atoms with Crippen molar-refractivity contribution in [1.29, 1.82) is 0 Å². The lowest BCUT2D eigenvalue weighted by Gasteiger charge is -2.04. The first-order chi connectivity index (χ1) is 5.11. The van der Waals surface area contributed by atoms with Gasteiger partial charge in [-0.3, -0.25) is 0 Å². The number of halogens is 4. The molecule has 0 atom stereocenters. The Kier molecular flexibility index (Phi) is 3.95. The third kappa shape index (κ3) is 2.76. The first kappa shape index (κ1) is 10.1. The van der Waals surface area contributed by atoms with Crippen LogP contribution in [0.4, 0.5) is 0 Å². The Morgan fingerprint density at radius 2 is 2.00 bits per heavy atom. The Bertz CT molecular complexity index is 263. The Balaban J connectivity index is 3.09. The van der Waals surface area contributed by atoms with Crippen LogP contribution in [0.15, 0.2) is 22.7 Å². The Morgan fingerprint density at radius 3 is 2.45 bits per heavy atom. The van der Waals surface area contributed by atoms with E-state index in [0.717, 1.165) is 13.6 Å². The number of benzene rings is 1. The number of hydrogen-bond acceptors (Lipinski definition) is 0. The Hall–Kier alpha value is 1.01. The predicted octanol–water partition coefficient (Wildman–Crippen LogP) is 4.53. The van der Waals surface area contributed by atoms with Crippen LogP contribution in [0.3, 0.4) is 0 Å². The predicted molar refractivity (Wildman–Crippen MR) is 61.3 cm³/mol. The Morgan fingerprint density at radius 1 is 1.36 bits per heavy atom. The molecule has 0 saturated carbocycles. The quantitative estimate of drug-likeness (QED) is 0.506. The zero-order chi connectivity index (χ0) is 8.43. The molecule has 60 valence electrons. The van der Waals surface area contributed by atoms with Crippen molar-refractivity contribution in [2.45, 2.75) is 4.84 Å². The first-order valence-electron chi connectivity index (χ1n) is 2.84. The fourth-order valence-electron chi connectivity index (χ4n) is 0.678. The van der Waals surface area contributed by atoms with E-state index in [1.807, 2.05) is 18.2 Å². The van der Waals surface area contributed by atoms with Crippen molar-refractivity contribution < 1.29 is 0 Å². The van der Waals surface area contributed by atoms with E-state index in [1.54, 1.807) is 0 Å². The molecule has 0 heterocycles. The van der Waals surface area contributed by atoms with Gasteiger partial charge in [0.2, 0.25) is 0 Å². The molecule has 11 heavy (non-hydrogen) atoms. The van der Waals surface area contributed by atoms with Crippen molar-refractivity contribution in [3.05, 3.63) is 31.8 Å². The molecular formula is C7H4BrCl2I. The van der Waals surface area contributed by atoms with E-state index in [-0.39, 0.29) is 0 Å². The van der Waals surface area contributed by atoms with Crippen LogP contribution in [0.2, 0.25) is 0 Å². The second-order valence-electron chi connectivity index (χ2n) is 1.97. The van der Waals surface area contributed by atoms with E-state index in [1.165, 1.54) is 0 Å². The minimum absolute atomic E-state index is 0.457. The average Bonchev–Trinajstić information content (AvgIpc) is 1.85. The van der Waals surface area contributed by atoms with Gasteiger partial charge < -0.3 is 0 Å². The summed E-state index contributed by atoms with van der Waals surface area (Å²) in [6.45, 7) is 0. The van der Waals surface area contributed by atoms with Gasteiger partial charge in [-0.2, -0.15) is 0 Å². The standard InChI is InChI=1S/C7H4BrCl2I/c8-6-3-4(11)1-2-5(6)7(9)10/h1-3,7H. The van der Waals surface area contributed by atoms with Gasteiger partial charge in [-0.25, -0.2) is 0 Å². The lowest BCUT2D eigenvalue weighted by molar-refractivity contribution is 1.31. The van der Waals surface area contributed by atoms with Crippen LogP contribution < -0.4 is 0 Å². The van der Waals surface area contributed by atoms with Crippen molar-refractivity contribution in [3.8, 4) is 0 Å². The molecule has 0 nitrogen and oxygen atoms in total. The molecule has 0 radical (unpaired) electrons. The second-order valence-corrected chi connectivity index (χ2v) is 5.16. The molecule has 0 aliphatic carbocycles. The summed E-state index contributed by atoms with van der Waals surface area (Å²) in [5.74, 6) is 0. The molecule has 0 spiro atoms. The molecule has 0 fully saturated rings. The third-order valence-corrected chi connectivity index (χ3v) is 3.03. The maximum Gasteiger partial charge on any atom is 0.133 e. The maximum atomic E-state index is 5.69. The number of alkyl halides is 2. The summed E-state index contributed by atoms with van der Waals surface area (Å²) in [7, 11) is 0. The largest absolute Gasteiger partial charge is 0.133 e. The topological polar surface area (TPSA) is 0 Å². The molecule has 0 saturated heterocycles. The van der Waals surface area contributed by atoms with Crippen molar-refractivity contribution in [1.82, 2.24) is 0 Å². The normalized spacial score (nSPS) is 10.6. The molecule has 0 aliphatic rings. The molecule has 0 bridgehead atoms. The summed E-state index contributed by atoms with van der Waals surface area (Å²) in [5.41, 5.74) is 0.911. The van der Waals surface area contributed by atoms with Crippen LogP contribution in [0.25, 0.3) is 0 Å². The molecule has 0 aromatic heterocycles. The lowest BCUT2D eigenvalue weighted by Crippen LogP contribution is -1.84. The molecule has 1 rings (SSSR count). The molecule has 1 aromatic carbocycles. The van der Waals surface area contributed by atoms with Crippen molar-refractivity contribution >= 4 is 61.7 Å². The summed E-state index contributed by atoms with van der Waals surface area (Å²) in [6, 6.07) is 5.86. The monoisotopic (exact) mass is 364 g/mol. The molecule has 0 amide bonds. The SMILES string of the molecule is ClC(Cl)c1ccc(I)cc1Br. The zero-order valence-electron chi connectivity index (χ0n) is 5.32. The van der Waals surface area contributed by atoms with E-state index in [9.17, 15) is 0 Å². The van der Waals surface area contributed by atoms with Gasteiger partial charge in [-0.15, -0.1) is 23.2 Å². The molecule has 1 aromatic rings. The first-order valence-corrected chi connectivity index (χ1v) is 5.59. The van der Waals surface area contributed by atoms with Gasteiger partial charge in [0.25, 0.3) is 0 Å². The van der Waals surface area contributed by atoms with Gasteiger partial charge >= 0.3 is 0 Å². The Labute approximate surface area is 97.5 Å². The highest BCUT2D eigenvalue weighted by Gasteiger charge is 2.07. The van der Waals surface area contributed by atoms with Gasteiger partial charge in [-0.05, 0) is 40.3 Å². The second kappa shape index (κ2) is 4.30. The van der Waals surface area contributed by atoms with E-state index in [2.05, 4.69) is 38.5 Å². The molecular weight excluding hydrogens is 362 g/mol. The minimum atomic E-state index is -0.457. The highest BCUT2D eigenvalue weighted by Crippen LogP contribution is 2.31. The number of rotatable bonds is 1. The van der Waals surface area contributed by atoms with Gasteiger partial charge in [-0.1, -0.05) is 22.0 Å². The van der Waals surface area contributed by atoms with Gasteiger partial charge in [0.05, 0.1) is 0 Å². The van der Waals surface area contributed by atoms with Crippen LogP contribution in [-0.4, -0.2) is 0 Å². The summed E-state index contributed by atoms with van der Waals surface area (Å²) in [5, 5.41) is 0. The maximum absolute atomic E-state index is 5.69. The third-order valence-electron chi connectivity index (χ3n) is 1.20. The van der Waals surface area contributed by atoms with E-state index in [0.29, 0.717) is 0 Å². The molecule has 0 unspecified atom stereocenters. The minimum Gasteiger partial charge on any atom is -0.100 e. The molecule has 0 N–H and O–H groups in total. The van der Waals surface area contributed by atoms with Gasteiger partial charge in [0, 0.05) is 8.04 Å². The zero-order valence-corrected chi connectivity index (χ0v) is 10.6. The summed E-state index contributed by atoms with van der Waals surface area (Å²) < 4.78 is 2.12. The van der Waals surface area contributed by atoms with Crippen LogP contribution in [0.5, 0.6) is 0 Å². The highest BCUT2D eigenvalue weighted by molar-refractivity contribution is 14.1. The van der Waals surface area contributed by atoms with Gasteiger partial charge in [0.15, 0.2) is 0 Å². The van der Waals surface area contributed by atoms with E-state index in [4.69, 9.17) is 23.2 Å². The summed E-state index contributed by atoms with van der Waals surface area (Å²) in [6.07, 6.45) is 0. The van der Waals surface area contributed by atoms with Crippen LogP contribution in [-0.2, 0) is 0 Å². The highest BCUT2D eigenvalue weighted by atomic mass is 127. The average molecular weight is 366 g/mol. The van der Waals surface area contributed by atoms with Crippen LogP contribution in [0, 0.1) is 3.57 Å². The van der Waals surface area contributed by atoms with Crippen molar-refractivity contribution in [2.24, 2.45) is 0 Å². The van der Waals surface area contributed by atoms with Crippen LogP contribution in [0.1, 0.15) is 10.4 Å². The summed E-state index contributed by atoms with van der Waals surface area (Å²) >= 11 is 17.0. The lowest BCUT2D eigenvalue weighted by atomic mass is 10.2. The molecule has 0 aliphatic heterocycles.